The molecule has 6 heteroatoms. The third-order valence-electron chi connectivity index (χ3n) is 2.80. The molecule has 0 radical (unpaired) electrons. The van der Waals surface area contributed by atoms with Crippen molar-refractivity contribution in [2.45, 2.75) is 6.42 Å². The normalized spacial score (nSPS) is 10.2. The monoisotopic (exact) mass is 351 g/mol. The van der Waals surface area contributed by atoms with Crippen LogP contribution in [0.1, 0.15) is 15.9 Å². The van der Waals surface area contributed by atoms with Crippen molar-refractivity contribution < 1.29 is 19.1 Å². The predicted octanol–water partition coefficient (Wildman–Crippen LogP) is 3.47. The standard InChI is InChI=1S/C15H11BrFNO3/c16-12-6-5-10(8-13(12)17)18-14(19)7-9-3-1-2-4-11(9)15(20)21/h1-6,8H,7H2,(H,18,19)(H,20,21). The molecule has 0 spiro atoms. The van der Waals surface area contributed by atoms with Crippen LogP contribution in [0.5, 0.6) is 0 Å². The maximum atomic E-state index is 13.4. The number of hydrogen-bond donors (Lipinski definition) is 2. The van der Waals surface area contributed by atoms with Gasteiger partial charge in [0.25, 0.3) is 0 Å². The first kappa shape index (κ1) is 15.2. The fourth-order valence-corrected chi connectivity index (χ4v) is 2.08. The van der Waals surface area contributed by atoms with E-state index < -0.39 is 17.7 Å². The molecule has 0 aromatic heterocycles. The lowest BCUT2D eigenvalue weighted by molar-refractivity contribution is -0.115. The number of nitrogens with one attached hydrogen (secondary N) is 1. The van der Waals surface area contributed by atoms with Gasteiger partial charge in [-0.3, -0.25) is 4.79 Å². The van der Waals surface area contributed by atoms with Crippen LogP contribution in [0.15, 0.2) is 46.9 Å². The van der Waals surface area contributed by atoms with Crippen LogP contribution in [0.25, 0.3) is 0 Å². The number of hydrogen-bond acceptors (Lipinski definition) is 2. The molecule has 0 bridgehead atoms. The first-order valence-electron chi connectivity index (χ1n) is 6.03. The molecule has 0 saturated carbocycles. The molecule has 0 heterocycles. The van der Waals surface area contributed by atoms with Gasteiger partial charge >= 0.3 is 5.97 Å². The topological polar surface area (TPSA) is 66.4 Å². The summed E-state index contributed by atoms with van der Waals surface area (Å²) in [5.74, 6) is -1.99. The van der Waals surface area contributed by atoms with Gasteiger partial charge in [0.15, 0.2) is 0 Å². The SMILES string of the molecule is O=C(Cc1ccccc1C(=O)O)Nc1ccc(Br)c(F)c1. The quantitative estimate of drug-likeness (QED) is 0.886. The second-order valence-electron chi connectivity index (χ2n) is 4.32. The molecule has 0 fully saturated rings. The second-order valence-corrected chi connectivity index (χ2v) is 5.17. The number of halogens is 2. The summed E-state index contributed by atoms with van der Waals surface area (Å²) in [6.07, 6.45) is -0.0971. The molecular weight excluding hydrogens is 341 g/mol. The molecule has 1 amide bonds. The van der Waals surface area contributed by atoms with Crippen molar-refractivity contribution in [2.75, 3.05) is 5.32 Å². The fraction of sp³-hybridized carbons (Fsp3) is 0.0667. The van der Waals surface area contributed by atoms with Crippen LogP contribution in [0.3, 0.4) is 0 Å². The molecule has 2 aromatic carbocycles. The van der Waals surface area contributed by atoms with Crippen LogP contribution in [0, 0.1) is 5.82 Å². The minimum Gasteiger partial charge on any atom is -0.478 e. The van der Waals surface area contributed by atoms with E-state index >= 15 is 0 Å². The molecule has 0 aliphatic rings. The Balaban J connectivity index is 2.12. The van der Waals surface area contributed by atoms with Crippen molar-refractivity contribution in [3.8, 4) is 0 Å². The summed E-state index contributed by atoms with van der Waals surface area (Å²) in [6, 6.07) is 10.5. The largest absolute Gasteiger partial charge is 0.478 e. The molecule has 0 aliphatic heterocycles. The Bertz CT molecular complexity index is 703. The van der Waals surface area contributed by atoms with Gasteiger partial charge in [-0.1, -0.05) is 18.2 Å². The predicted molar refractivity (Wildman–Crippen MR) is 79.8 cm³/mol. The lowest BCUT2D eigenvalue weighted by atomic mass is 10.0. The molecule has 0 aliphatic carbocycles. The number of carbonyl (C=O) groups excluding carboxylic acids is 1. The van der Waals surface area contributed by atoms with E-state index in [0.717, 1.165) is 0 Å². The van der Waals surface area contributed by atoms with Gasteiger partial charge in [0.05, 0.1) is 16.5 Å². The lowest BCUT2D eigenvalue weighted by Crippen LogP contribution is -2.16. The number of rotatable bonds is 4. The van der Waals surface area contributed by atoms with Crippen LogP contribution >= 0.6 is 15.9 Å². The van der Waals surface area contributed by atoms with E-state index in [1.165, 1.54) is 18.2 Å². The van der Waals surface area contributed by atoms with E-state index in [1.807, 2.05) is 0 Å². The fourth-order valence-electron chi connectivity index (χ4n) is 1.84. The summed E-state index contributed by atoms with van der Waals surface area (Å²) in [4.78, 5) is 23.0. The molecule has 0 saturated heterocycles. The molecule has 4 nitrogen and oxygen atoms in total. The molecular formula is C15H11BrFNO3. The molecule has 0 atom stereocenters. The first-order valence-corrected chi connectivity index (χ1v) is 6.83. The van der Waals surface area contributed by atoms with Crippen LogP contribution in [0.4, 0.5) is 10.1 Å². The first-order chi connectivity index (χ1) is 9.97. The van der Waals surface area contributed by atoms with Crippen molar-refractivity contribution in [1.82, 2.24) is 0 Å². The Morgan fingerprint density at radius 1 is 1.19 bits per heavy atom. The third-order valence-corrected chi connectivity index (χ3v) is 3.45. The molecule has 108 valence electrons. The summed E-state index contributed by atoms with van der Waals surface area (Å²) in [7, 11) is 0. The number of carboxylic acids is 1. The van der Waals surface area contributed by atoms with E-state index in [9.17, 15) is 14.0 Å². The van der Waals surface area contributed by atoms with Crippen LogP contribution in [0.2, 0.25) is 0 Å². The highest BCUT2D eigenvalue weighted by molar-refractivity contribution is 9.10. The maximum absolute atomic E-state index is 13.4. The number of carbonyl (C=O) groups is 2. The summed E-state index contributed by atoms with van der Waals surface area (Å²) < 4.78 is 13.7. The smallest absolute Gasteiger partial charge is 0.335 e. The average Bonchev–Trinajstić information content (AvgIpc) is 2.43. The summed E-state index contributed by atoms with van der Waals surface area (Å²) >= 11 is 3.02. The van der Waals surface area contributed by atoms with Gasteiger partial charge in [0.1, 0.15) is 5.82 Å². The van der Waals surface area contributed by atoms with Gasteiger partial charge in [0, 0.05) is 5.69 Å². The van der Waals surface area contributed by atoms with Crippen molar-refractivity contribution in [3.63, 3.8) is 0 Å². The summed E-state index contributed by atoms with van der Waals surface area (Å²) in [5, 5.41) is 11.6. The van der Waals surface area contributed by atoms with Gasteiger partial charge < -0.3 is 10.4 Å². The van der Waals surface area contributed by atoms with Gasteiger partial charge in [-0.2, -0.15) is 0 Å². The molecule has 0 unspecified atom stereocenters. The molecule has 21 heavy (non-hydrogen) atoms. The number of benzene rings is 2. The van der Waals surface area contributed by atoms with Gasteiger partial charge in [-0.15, -0.1) is 0 Å². The minimum absolute atomic E-state index is 0.0784. The van der Waals surface area contributed by atoms with Crippen LogP contribution in [-0.4, -0.2) is 17.0 Å². The Kier molecular flexibility index (Phi) is 4.70. The Labute approximate surface area is 128 Å². The number of anilines is 1. The zero-order chi connectivity index (χ0) is 15.4. The van der Waals surface area contributed by atoms with Crippen molar-refractivity contribution in [3.05, 3.63) is 63.9 Å². The average molecular weight is 352 g/mol. The van der Waals surface area contributed by atoms with E-state index in [4.69, 9.17) is 5.11 Å². The highest BCUT2D eigenvalue weighted by Crippen LogP contribution is 2.19. The summed E-state index contributed by atoms with van der Waals surface area (Å²) in [5.41, 5.74) is 0.795. The van der Waals surface area contributed by atoms with Crippen LogP contribution in [-0.2, 0) is 11.2 Å². The van der Waals surface area contributed by atoms with Gasteiger partial charge in [-0.25, -0.2) is 9.18 Å². The van der Waals surface area contributed by atoms with E-state index in [1.54, 1.807) is 24.3 Å². The van der Waals surface area contributed by atoms with Gasteiger partial charge in [0.2, 0.25) is 5.91 Å². The second kappa shape index (κ2) is 6.49. The number of carboxylic acid groups (broad SMARTS) is 1. The van der Waals surface area contributed by atoms with Crippen molar-refractivity contribution >= 4 is 33.5 Å². The molecule has 2 rings (SSSR count). The maximum Gasteiger partial charge on any atom is 0.335 e. The third kappa shape index (κ3) is 3.88. The van der Waals surface area contributed by atoms with Crippen LogP contribution < -0.4 is 5.32 Å². The zero-order valence-corrected chi connectivity index (χ0v) is 12.4. The van der Waals surface area contributed by atoms with Crippen molar-refractivity contribution in [2.24, 2.45) is 0 Å². The van der Waals surface area contributed by atoms with E-state index in [-0.39, 0.29) is 12.0 Å². The number of aromatic carboxylic acids is 1. The van der Waals surface area contributed by atoms with Crippen molar-refractivity contribution in [1.29, 1.82) is 0 Å². The summed E-state index contributed by atoms with van der Waals surface area (Å²) in [6.45, 7) is 0. The van der Waals surface area contributed by atoms with E-state index in [2.05, 4.69) is 21.2 Å². The van der Waals surface area contributed by atoms with E-state index in [0.29, 0.717) is 15.7 Å². The Morgan fingerprint density at radius 2 is 1.90 bits per heavy atom. The Hall–Kier alpha value is -2.21. The number of amides is 1. The van der Waals surface area contributed by atoms with Gasteiger partial charge in [-0.05, 0) is 45.8 Å². The molecule has 2 aromatic rings. The zero-order valence-electron chi connectivity index (χ0n) is 10.8. The molecule has 2 N–H and O–H groups in total. The Morgan fingerprint density at radius 3 is 2.57 bits per heavy atom. The minimum atomic E-state index is -1.09. The highest BCUT2D eigenvalue weighted by Gasteiger charge is 2.13. The lowest BCUT2D eigenvalue weighted by Gasteiger charge is -2.08. The highest BCUT2D eigenvalue weighted by atomic mass is 79.9.